The van der Waals surface area contributed by atoms with Gasteiger partial charge in [0.2, 0.25) is 0 Å². The van der Waals surface area contributed by atoms with E-state index in [2.05, 4.69) is 25.3 Å². The quantitative estimate of drug-likeness (QED) is 0.304. The van der Waals surface area contributed by atoms with E-state index in [1.54, 1.807) is 36.7 Å². The number of hydrogen-bond donors (Lipinski definition) is 1. The number of carbonyl (C=O) groups is 1. The number of pyridine rings is 2. The van der Waals surface area contributed by atoms with Crippen molar-refractivity contribution in [3.63, 3.8) is 0 Å². The van der Waals surface area contributed by atoms with E-state index in [1.165, 1.54) is 35.3 Å². The first-order chi connectivity index (χ1) is 18.4. The van der Waals surface area contributed by atoms with Crippen LogP contribution in [0.1, 0.15) is 40.4 Å². The molecule has 0 radical (unpaired) electrons. The summed E-state index contributed by atoms with van der Waals surface area (Å²) in [5.41, 5.74) is 3.37. The Labute approximate surface area is 226 Å². The predicted octanol–water partition coefficient (Wildman–Crippen LogP) is 5.40. The zero-order valence-corrected chi connectivity index (χ0v) is 22.0. The molecule has 9 nitrogen and oxygen atoms in total. The lowest BCUT2D eigenvalue weighted by molar-refractivity contribution is 0.102. The summed E-state index contributed by atoms with van der Waals surface area (Å²) in [4.78, 5) is 44.8. The SMILES string of the molecule is COc1ccc(Cl)cc1-c1cc(-n2ccc(C)cc2=O)ncc1C(=O)Nc1nc2ncc(C3CC3)nc2s1. The molecule has 1 aliphatic carbocycles. The molecule has 0 unspecified atom stereocenters. The molecule has 4 heterocycles. The average molecular weight is 545 g/mol. The van der Waals surface area contributed by atoms with E-state index >= 15 is 0 Å². The highest BCUT2D eigenvalue weighted by molar-refractivity contribution is 7.21. The molecule has 1 aliphatic rings. The molecule has 5 aromatic rings. The second kappa shape index (κ2) is 9.62. The van der Waals surface area contributed by atoms with Crippen LogP contribution >= 0.6 is 22.9 Å². The van der Waals surface area contributed by atoms with Crippen LogP contribution in [0, 0.1) is 6.92 Å². The average Bonchev–Trinajstić information content (AvgIpc) is 3.68. The minimum absolute atomic E-state index is 0.237. The van der Waals surface area contributed by atoms with Crippen molar-refractivity contribution < 1.29 is 9.53 Å². The number of halogens is 1. The van der Waals surface area contributed by atoms with Gasteiger partial charge in [0.05, 0.1) is 24.6 Å². The van der Waals surface area contributed by atoms with Crippen LogP contribution in [0.4, 0.5) is 5.13 Å². The fourth-order valence-electron chi connectivity index (χ4n) is 4.17. The maximum Gasteiger partial charge on any atom is 0.259 e. The molecule has 190 valence electrons. The number of benzene rings is 1. The number of rotatable bonds is 6. The highest BCUT2D eigenvalue weighted by atomic mass is 35.5. The van der Waals surface area contributed by atoms with Crippen LogP contribution in [0.3, 0.4) is 0 Å². The molecule has 0 spiro atoms. The fraction of sp³-hybridized carbons (Fsp3) is 0.185. The molecule has 38 heavy (non-hydrogen) atoms. The molecule has 1 amide bonds. The Bertz CT molecular complexity index is 1780. The summed E-state index contributed by atoms with van der Waals surface area (Å²) in [6.07, 6.45) is 7.08. The van der Waals surface area contributed by atoms with Crippen LogP contribution in [0.5, 0.6) is 5.75 Å². The third-order valence-corrected chi connectivity index (χ3v) is 7.35. The summed E-state index contributed by atoms with van der Waals surface area (Å²) in [5.74, 6) is 0.897. The Morgan fingerprint density at radius 3 is 2.71 bits per heavy atom. The highest BCUT2D eigenvalue weighted by Gasteiger charge is 2.26. The molecule has 11 heteroatoms. The van der Waals surface area contributed by atoms with Crippen molar-refractivity contribution in [3.05, 3.63) is 87.2 Å². The van der Waals surface area contributed by atoms with Crippen molar-refractivity contribution in [1.82, 2.24) is 24.5 Å². The number of anilines is 1. The minimum Gasteiger partial charge on any atom is -0.496 e. The lowest BCUT2D eigenvalue weighted by Crippen LogP contribution is -2.19. The van der Waals surface area contributed by atoms with Crippen LogP contribution in [0.2, 0.25) is 5.02 Å². The fourth-order valence-corrected chi connectivity index (χ4v) is 5.14. The van der Waals surface area contributed by atoms with Crippen molar-refractivity contribution in [2.24, 2.45) is 0 Å². The molecular formula is C27H21ClN6O3S. The number of nitrogens with zero attached hydrogens (tertiary/aromatic N) is 5. The van der Waals surface area contributed by atoms with E-state index in [9.17, 15) is 9.59 Å². The van der Waals surface area contributed by atoms with Crippen LogP contribution in [0.15, 0.2) is 59.8 Å². The van der Waals surface area contributed by atoms with Gasteiger partial charge in [0.25, 0.3) is 11.5 Å². The van der Waals surface area contributed by atoms with E-state index in [1.807, 2.05) is 13.0 Å². The number of aromatic nitrogens is 5. The number of carbonyl (C=O) groups excluding carboxylic acids is 1. The summed E-state index contributed by atoms with van der Waals surface area (Å²) in [5, 5.41) is 3.70. The van der Waals surface area contributed by atoms with Gasteiger partial charge in [-0.2, -0.15) is 4.98 Å². The van der Waals surface area contributed by atoms with Crippen molar-refractivity contribution in [1.29, 1.82) is 0 Å². The van der Waals surface area contributed by atoms with Crippen molar-refractivity contribution in [2.75, 3.05) is 12.4 Å². The largest absolute Gasteiger partial charge is 0.496 e. The summed E-state index contributed by atoms with van der Waals surface area (Å²) in [7, 11) is 1.54. The predicted molar refractivity (Wildman–Crippen MR) is 147 cm³/mol. The molecule has 4 aromatic heterocycles. The van der Waals surface area contributed by atoms with Crippen LogP contribution in [-0.2, 0) is 0 Å². The summed E-state index contributed by atoms with van der Waals surface area (Å²) in [6, 6.07) is 10.1. The molecule has 0 saturated heterocycles. The van der Waals surface area contributed by atoms with Gasteiger partial charge < -0.3 is 4.74 Å². The molecule has 6 rings (SSSR count). The number of amides is 1. The van der Waals surface area contributed by atoms with Gasteiger partial charge in [-0.25, -0.2) is 15.0 Å². The maximum atomic E-state index is 13.5. The smallest absolute Gasteiger partial charge is 0.259 e. The Morgan fingerprint density at radius 2 is 1.95 bits per heavy atom. The van der Waals surface area contributed by atoms with E-state index < -0.39 is 5.91 Å². The summed E-state index contributed by atoms with van der Waals surface area (Å²) >= 11 is 7.59. The topological polar surface area (TPSA) is 112 Å². The highest BCUT2D eigenvalue weighted by Crippen LogP contribution is 2.40. The third-order valence-electron chi connectivity index (χ3n) is 6.27. The Hall–Kier alpha value is -4.15. The number of hydrogen-bond acceptors (Lipinski definition) is 8. The number of nitrogens with one attached hydrogen (secondary N) is 1. The number of aryl methyl sites for hydroxylation is 1. The van der Waals surface area contributed by atoms with Gasteiger partial charge in [-0.1, -0.05) is 22.9 Å². The first-order valence-corrected chi connectivity index (χ1v) is 13.1. The van der Waals surface area contributed by atoms with Gasteiger partial charge >= 0.3 is 0 Å². The van der Waals surface area contributed by atoms with Gasteiger partial charge in [-0.05, 0) is 55.7 Å². The molecule has 0 atom stereocenters. The van der Waals surface area contributed by atoms with Crippen molar-refractivity contribution in [2.45, 2.75) is 25.7 Å². The number of methoxy groups -OCH3 is 1. The molecule has 1 saturated carbocycles. The van der Waals surface area contributed by atoms with Gasteiger partial charge in [-0.3, -0.25) is 19.5 Å². The summed E-state index contributed by atoms with van der Waals surface area (Å²) in [6.45, 7) is 1.84. The van der Waals surface area contributed by atoms with E-state index in [0.717, 1.165) is 24.1 Å². The lowest BCUT2D eigenvalue weighted by Gasteiger charge is -2.15. The third kappa shape index (κ3) is 4.64. The first kappa shape index (κ1) is 24.2. The first-order valence-electron chi connectivity index (χ1n) is 11.9. The van der Waals surface area contributed by atoms with Crippen molar-refractivity contribution in [3.8, 4) is 22.7 Å². The standard InChI is InChI=1S/C27H21ClN6O3S/c1-14-7-8-34(23(35)9-14)22-11-17(18-10-16(28)5-6-21(18)37-2)19(12-29-22)25(36)33-27-32-24-26(38-27)31-20(13-30-24)15-3-4-15/h5-13,15H,3-4H2,1-2H3,(H,30,32,33,36). The number of thiazole rings is 1. The van der Waals surface area contributed by atoms with Gasteiger partial charge in [0.15, 0.2) is 15.6 Å². The summed E-state index contributed by atoms with van der Waals surface area (Å²) < 4.78 is 6.98. The second-order valence-electron chi connectivity index (χ2n) is 9.02. The second-order valence-corrected chi connectivity index (χ2v) is 10.4. The Balaban J connectivity index is 1.43. The van der Waals surface area contributed by atoms with Crippen LogP contribution < -0.4 is 15.6 Å². The minimum atomic E-state index is -0.432. The molecule has 1 N–H and O–H groups in total. The van der Waals surface area contributed by atoms with Gasteiger partial charge in [0.1, 0.15) is 11.6 Å². The molecular weight excluding hydrogens is 524 g/mol. The zero-order valence-electron chi connectivity index (χ0n) is 20.4. The van der Waals surface area contributed by atoms with Crippen LogP contribution in [-0.4, -0.2) is 37.5 Å². The lowest BCUT2D eigenvalue weighted by atomic mass is 9.99. The van der Waals surface area contributed by atoms with Gasteiger partial charge in [-0.15, -0.1) is 0 Å². The maximum absolute atomic E-state index is 13.5. The molecule has 1 fully saturated rings. The Kier molecular flexibility index (Phi) is 6.13. The molecule has 0 aliphatic heterocycles. The van der Waals surface area contributed by atoms with E-state index in [4.69, 9.17) is 16.3 Å². The van der Waals surface area contributed by atoms with E-state index in [0.29, 0.717) is 49.2 Å². The monoisotopic (exact) mass is 544 g/mol. The van der Waals surface area contributed by atoms with Crippen LogP contribution in [0.25, 0.3) is 27.4 Å². The molecule has 0 bridgehead atoms. The normalized spacial score (nSPS) is 13.0. The van der Waals surface area contributed by atoms with Gasteiger partial charge in [0, 0.05) is 40.5 Å². The van der Waals surface area contributed by atoms with Crippen molar-refractivity contribution >= 4 is 44.5 Å². The van der Waals surface area contributed by atoms with E-state index in [-0.39, 0.29) is 11.1 Å². The Morgan fingerprint density at radius 1 is 1.11 bits per heavy atom. The zero-order chi connectivity index (χ0) is 26.4. The number of ether oxygens (including phenoxy) is 1. The number of fused-ring (bicyclic) bond motifs is 1. The molecule has 1 aromatic carbocycles.